The molecule has 1 unspecified atom stereocenters. The molecule has 4 nitrogen and oxygen atoms in total. The molecule has 0 aliphatic carbocycles. The summed E-state index contributed by atoms with van der Waals surface area (Å²) in [5.41, 5.74) is 1.36. The lowest BCUT2D eigenvalue weighted by Crippen LogP contribution is -2.40. The van der Waals surface area contributed by atoms with Gasteiger partial charge in [0.25, 0.3) is 0 Å². The molecule has 1 aromatic rings. The zero-order chi connectivity index (χ0) is 17.2. The predicted molar refractivity (Wildman–Crippen MR) is 105 cm³/mol. The molecule has 0 spiro atoms. The predicted octanol–water partition coefficient (Wildman–Crippen LogP) is 3.71. The third-order valence-electron chi connectivity index (χ3n) is 4.25. The van der Waals surface area contributed by atoms with Gasteiger partial charge in [0.05, 0.1) is 6.61 Å². The van der Waals surface area contributed by atoms with E-state index in [9.17, 15) is 0 Å². The van der Waals surface area contributed by atoms with Gasteiger partial charge >= 0.3 is 0 Å². The topological polar surface area (TPSA) is 36.9 Å². The van der Waals surface area contributed by atoms with E-state index in [4.69, 9.17) is 9.73 Å². The van der Waals surface area contributed by atoms with Gasteiger partial charge < -0.3 is 15.0 Å². The number of rotatable bonds is 8. The third-order valence-corrected chi connectivity index (χ3v) is 4.75. The van der Waals surface area contributed by atoms with Crippen molar-refractivity contribution in [2.75, 3.05) is 39.4 Å². The molecule has 1 heterocycles. The van der Waals surface area contributed by atoms with Gasteiger partial charge in [-0.1, -0.05) is 28.1 Å². The van der Waals surface area contributed by atoms with Gasteiger partial charge in [-0.15, -0.1) is 0 Å². The standard InChI is InChI=1S/C19H30BrN3O/c1-3-21-19(23-12-10-17(14-23)15-24-4-2)22-11-6-8-16-7-5-9-18(20)13-16/h5,7,9,13,17H,3-4,6,8,10-12,14-15H2,1-2H3,(H,21,22). The molecule has 0 saturated carbocycles. The number of halogens is 1. The molecule has 24 heavy (non-hydrogen) atoms. The van der Waals surface area contributed by atoms with Crippen LogP contribution in [0.3, 0.4) is 0 Å². The first-order chi connectivity index (χ1) is 11.7. The lowest BCUT2D eigenvalue weighted by molar-refractivity contribution is 0.114. The van der Waals surface area contributed by atoms with Crippen molar-refractivity contribution in [1.29, 1.82) is 0 Å². The molecule has 0 radical (unpaired) electrons. The zero-order valence-corrected chi connectivity index (χ0v) is 16.5. The van der Waals surface area contributed by atoms with Crippen LogP contribution in [0.15, 0.2) is 33.7 Å². The van der Waals surface area contributed by atoms with Crippen LogP contribution in [0.25, 0.3) is 0 Å². The average molecular weight is 396 g/mol. The van der Waals surface area contributed by atoms with E-state index in [0.717, 1.165) is 62.7 Å². The van der Waals surface area contributed by atoms with E-state index >= 15 is 0 Å². The van der Waals surface area contributed by atoms with Crippen molar-refractivity contribution in [3.63, 3.8) is 0 Å². The summed E-state index contributed by atoms with van der Waals surface area (Å²) >= 11 is 3.53. The number of benzene rings is 1. The van der Waals surface area contributed by atoms with E-state index in [1.54, 1.807) is 0 Å². The smallest absolute Gasteiger partial charge is 0.193 e. The highest BCUT2D eigenvalue weighted by molar-refractivity contribution is 9.10. The van der Waals surface area contributed by atoms with Crippen molar-refractivity contribution in [2.24, 2.45) is 10.9 Å². The normalized spacial score (nSPS) is 18.2. The highest BCUT2D eigenvalue weighted by atomic mass is 79.9. The second-order valence-corrected chi connectivity index (χ2v) is 7.14. The van der Waals surface area contributed by atoms with Crippen LogP contribution in [0.2, 0.25) is 0 Å². The quantitative estimate of drug-likeness (QED) is 0.414. The number of nitrogens with one attached hydrogen (secondary N) is 1. The van der Waals surface area contributed by atoms with Crippen LogP contribution in [-0.2, 0) is 11.2 Å². The van der Waals surface area contributed by atoms with E-state index < -0.39 is 0 Å². The lowest BCUT2D eigenvalue weighted by Gasteiger charge is -2.21. The minimum absolute atomic E-state index is 0.635. The van der Waals surface area contributed by atoms with Crippen LogP contribution in [0, 0.1) is 5.92 Å². The molecule has 1 aromatic carbocycles. The molecular weight excluding hydrogens is 366 g/mol. The molecule has 5 heteroatoms. The molecule has 1 atom stereocenters. The Hall–Kier alpha value is -1.07. The fraction of sp³-hybridized carbons (Fsp3) is 0.632. The Labute approximate surface area is 154 Å². The minimum atomic E-state index is 0.635. The highest BCUT2D eigenvalue weighted by Gasteiger charge is 2.24. The summed E-state index contributed by atoms with van der Waals surface area (Å²) in [6.45, 7) is 9.77. The Kier molecular flexibility index (Phi) is 8.60. The third kappa shape index (κ3) is 6.44. The van der Waals surface area contributed by atoms with Gasteiger partial charge in [0.15, 0.2) is 5.96 Å². The monoisotopic (exact) mass is 395 g/mol. The van der Waals surface area contributed by atoms with Gasteiger partial charge in [-0.05, 0) is 50.8 Å². The fourth-order valence-electron chi connectivity index (χ4n) is 3.03. The number of ether oxygens (including phenoxy) is 1. The maximum absolute atomic E-state index is 5.57. The molecule has 1 fully saturated rings. The second-order valence-electron chi connectivity index (χ2n) is 6.23. The summed E-state index contributed by atoms with van der Waals surface area (Å²) in [7, 11) is 0. The largest absolute Gasteiger partial charge is 0.381 e. The van der Waals surface area contributed by atoms with Gasteiger partial charge in [0, 0.05) is 43.2 Å². The molecule has 2 rings (SSSR count). The molecule has 1 aliphatic heterocycles. The Morgan fingerprint density at radius 3 is 3.04 bits per heavy atom. The molecule has 1 saturated heterocycles. The van der Waals surface area contributed by atoms with Crippen LogP contribution >= 0.6 is 15.9 Å². The van der Waals surface area contributed by atoms with Crippen LogP contribution in [0.5, 0.6) is 0 Å². The second kappa shape index (κ2) is 10.7. The van der Waals surface area contributed by atoms with Crippen LogP contribution < -0.4 is 5.32 Å². The number of hydrogen-bond donors (Lipinski definition) is 1. The maximum Gasteiger partial charge on any atom is 0.193 e. The van der Waals surface area contributed by atoms with Crippen LogP contribution in [-0.4, -0.2) is 50.3 Å². The van der Waals surface area contributed by atoms with E-state index in [0.29, 0.717) is 5.92 Å². The molecule has 134 valence electrons. The summed E-state index contributed by atoms with van der Waals surface area (Å²) < 4.78 is 6.72. The van der Waals surface area contributed by atoms with Crippen molar-refractivity contribution in [1.82, 2.24) is 10.2 Å². The first-order valence-corrected chi connectivity index (χ1v) is 9.87. The number of likely N-dealkylation sites (tertiary alicyclic amines) is 1. The number of guanidine groups is 1. The van der Waals surface area contributed by atoms with E-state index in [-0.39, 0.29) is 0 Å². The molecule has 0 amide bonds. The van der Waals surface area contributed by atoms with Crippen molar-refractivity contribution in [2.45, 2.75) is 33.1 Å². The Bertz CT molecular complexity index is 521. The molecule has 1 N–H and O–H groups in total. The van der Waals surface area contributed by atoms with Crippen molar-refractivity contribution >= 4 is 21.9 Å². The minimum Gasteiger partial charge on any atom is -0.381 e. The Morgan fingerprint density at radius 2 is 2.29 bits per heavy atom. The van der Waals surface area contributed by atoms with Crippen LogP contribution in [0.1, 0.15) is 32.3 Å². The van der Waals surface area contributed by atoms with E-state index in [1.807, 2.05) is 0 Å². The fourth-order valence-corrected chi connectivity index (χ4v) is 3.48. The Balaban J connectivity index is 1.80. The Morgan fingerprint density at radius 1 is 1.42 bits per heavy atom. The first kappa shape index (κ1) is 19.3. The van der Waals surface area contributed by atoms with Crippen molar-refractivity contribution in [3.05, 3.63) is 34.3 Å². The molecule has 1 aliphatic rings. The van der Waals surface area contributed by atoms with E-state index in [2.05, 4.69) is 64.3 Å². The summed E-state index contributed by atoms with van der Waals surface area (Å²) in [4.78, 5) is 7.21. The molecule has 0 aromatic heterocycles. The highest BCUT2D eigenvalue weighted by Crippen LogP contribution is 2.17. The summed E-state index contributed by atoms with van der Waals surface area (Å²) in [5.74, 6) is 1.70. The van der Waals surface area contributed by atoms with Crippen molar-refractivity contribution < 1.29 is 4.74 Å². The summed E-state index contributed by atoms with van der Waals surface area (Å²) in [5, 5.41) is 3.44. The van der Waals surface area contributed by atoms with Crippen molar-refractivity contribution in [3.8, 4) is 0 Å². The van der Waals surface area contributed by atoms with Gasteiger partial charge in [0.1, 0.15) is 0 Å². The summed E-state index contributed by atoms with van der Waals surface area (Å²) in [6, 6.07) is 8.53. The van der Waals surface area contributed by atoms with Gasteiger partial charge in [-0.25, -0.2) is 0 Å². The molecule has 0 bridgehead atoms. The lowest BCUT2D eigenvalue weighted by atomic mass is 10.1. The van der Waals surface area contributed by atoms with Crippen LogP contribution in [0.4, 0.5) is 0 Å². The van der Waals surface area contributed by atoms with Gasteiger partial charge in [0.2, 0.25) is 0 Å². The van der Waals surface area contributed by atoms with Gasteiger partial charge in [-0.3, -0.25) is 4.99 Å². The first-order valence-electron chi connectivity index (χ1n) is 9.08. The zero-order valence-electron chi connectivity index (χ0n) is 14.9. The number of hydrogen-bond acceptors (Lipinski definition) is 2. The number of aryl methyl sites for hydroxylation is 1. The summed E-state index contributed by atoms with van der Waals surface area (Å²) in [6.07, 6.45) is 3.33. The van der Waals surface area contributed by atoms with Gasteiger partial charge in [-0.2, -0.15) is 0 Å². The molecular formula is C19H30BrN3O. The number of nitrogens with zero attached hydrogens (tertiary/aromatic N) is 2. The average Bonchev–Trinajstić information content (AvgIpc) is 3.04. The van der Waals surface area contributed by atoms with E-state index in [1.165, 1.54) is 12.0 Å². The SMILES string of the molecule is CCNC(=NCCCc1cccc(Br)c1)N1CCC(COCC)C1. The maximum atomic E-state index is 5.57. The number of aliphatic imine (C=N–C) groups is 1.